The van der Waals surface area contributed by atoms with Crippen molar-refractivity contribution in [1.82, 2.24) is 5.32 Å². The summed E-state index contributed by atoms with van der Waals surface area (Å²) in [6.45, 7) is 7.12. The summed E-state index contributed by atoms with van der Waals surface area (Å²) >= 11 is 0. The van der Waals surface area contributed by atoms with Gasteiger partial charge in [0.2, 0.25) is 5.91 Å². The molecule has 3 nitrogen and oxygen atoms in total. The van der Waals surface area contributed by atoms with Gasteiger partial charge >= 0.3 is 0 Å². The lowest BCUT2D eigenvalue weighted by atomic mass is 10.0. The van der Waals surface area contributed by atoms with Gasteiger partial charge in [-0.25, -0.2) is 0 Å². The predicted octanol–water partition coefficient (Wildman–Crippen LogP) is 1.33. The summed E-state index contributed by atoms with van der Waals surface area (Å²) < 4.78 is 5.32. The van der Waals surface area contributed by atoms with E-state index in [1.54, 1.807) is 6.92 Å². The molecular formula is C10H19NO2. The van der Waals surface area contributed by atoms with Crippen LogP contribution in [-0.4, -0.2) is 25.2 Å². The van der Waals surface area contributed by atoms with E-state index in [0.29, 0.717) is 18.1 Å². The number of rotatable bonds is 1. The zero-order valence-electron chi connectivity index (χ0n) is 8.72. The molecule has 1 amide bonds. The average molecular weight is 185 g/mol. The highest BCUT2D eigenvalue weighted by molar-refractivity contribution is 5.73. The van der Waals surface area contributed by atoms with Crippen molar-refractivity contribution in [3.05, 3.63) is 0 Å². The van der Waals surface area contributed by atoms with Crippen molar-refractivity contribution in [3.8, 4) is 0 Å². The first-order valence-electron chi connectivity index (χ1n) is 5.08. The van der Waals surface area contributed by atoms with Crippen LogP contribution in [0.25, 0.3) is 0 Å². The predicted molar refractivity (Wildman–Crippen MR) is 51.4 cm³/mol. The molecule has 13 heavy (non-hydrogen) atoms. The number of hydrogen-bond donors (Lipinski definition) is 1. The van der Waals surface area contributed by atoms with Gasteiger partial charge in [-0.1, -0.05) is 13.8 Å². The highest BCUT2D eigenvalue weighted by atomic mass is 16.5. The molecule has 1 N–H and O–H groups in total. The van der Waals surface area contributed by atoms with E-state index in [1.807, 2.05) is 13.8 Å². The number of nitrogens with one attached hydrogen (secondary N) is 1. The lowest BCUT2D eigenvalue weighted by molar-refractivity contribution is -0.119. The van der Waals surface area contributed by atoms with Gasteiger partial charge in [0.25, 0.3) is 0 Å². The Bertz CT molecular complexity index is 187. The number of hydrogen-bond acceptors (Lipinski definition) is 2. The van der Waals surface area contributed by atoms with Gasteiger partial charge in [-0.3, -0.25) is 4.79 Å². The van der Waals surface area contributed by atoms with Crippen molar-refractivity contribution in [2.45, 2.75) is 39.7 Å². The van der Waals surface area contributed by atoms with Gasteiger partial charge in [0.15, 0.2) is 0 Å². The maximum atomic E-state index is 10.7. The van der Waals surface area contributed by atoms with Crippen LogP contribution in [0.5, 0.6) is 0 Å². The Kier molecular flexibility index (Phi) is 3.31. The van der Waals surface area contributed by atoms with Crippen LogP contribution in [0.4, 0.5) is 0 Å². The fraction of sp³-hybridized carbons (Fsp3) is 0.900. The molecule has 3 heteroatoms. The monoisotopic (exact) mass is 185 g/mol. The third kappa shape index (κ3) is 2.21. The van der Waals surface area contributed by atoms with E-state index in [0.717, 1.165) is 6.61 Å². The Labute approximate surface area is 79.8 Å². The first-order valence-corrected chi connectivity index (χ1v) is 5.08. The minimum absolute atomic E-state index is 0.0618. The fourth-order valence-corrected chi connectivity index (χ4v) is 1.75. The summed E-state index contributed by atoms with van der Waals surface area (Å²) in [6, 6.07) is 0.292. The summed E-state index contributed by atoms with van der Waals surface area (Å²) in [6.07, 6.45) is 2.44. The molecule has 1 unspecified atom stereocenters. The van der Waals surface area contributed by atoms with Crippen LogP contribution in [0, 0.1) is 5.41 Å². The molecule has 1 saturated heterocycles. The molecule has 0 bridgehead atoms. The topological polar surface area (TPSA) is 38.3 Å². The summed E-state index contributed by atoms with van der Waals surface area (Å²) in [5.74, 6) is 0.0618. The summed E-state index contributed by atoms with van der Waals surface area (Å²) in [7, 11) is 0. The van der Waals surface area contributed by atoms with E-state index in [9.17, 15) is 4.79 Å². The second-order valence-electron chi connectivity index (χ2n) is 3.63. The Balaban J connectivity index is 0.000000396. The first-order chi connectivity index (χ1) is 6.23. The molecule has 2 fully saturated rings. The van der Waals surface area contributed by atoms with Crippen molar-refractivity contribution < 1.29 is 9.53 Å². The van der Waals surface area contributed by atoms with E-state index < -0.39 is 0 Å². The van der Waals surface area contributed by atoms with Crippen molar-refractivity contribution in [3.63, 3.8) is 0 Å². The van der Waals surface area contributed by atoms with Crippen LogP contribution in [0.3, 0.4) is 0 Å². The van der Waals surface area contributed by atoms with Gasteiger partial charge in [-0.05, 0) is 12.8 Å². The maximum Gasteiger partial charge on any atom is 0.217 e. The molecule has 1 spiro atoms. The molecule has 1 atom stereocenters. The standard InChI is InChI=1S/C8H13NO2.C2H6/c1-6(10)9-7-4-11-5-8(7)2-3-8;1-2/h7H,2-5H2,1H3,(H,9,10);1-2H3. The van der Waals surface area contributed by atoms with Crippen LogP contribution >= 0.6 is 0 Å². The van der Waals surface area contributed by atoms with E-state index in [4.69, 9.17) is 4.74 Å². The zero-order chi connectivity index (χ0) is 9.90. The molecule has 0 aromatic carbocycles. The molecule has 76 valence electrons. The Morgan fingerprint density at radius 1 is 1.46 bits per heavy atom. The van der Waals surface area contributed by atoms with E-state index >= 15 is 0 Å². The highest BCUT2D eigenvalue weighted by Crippen LogP contribution is 2.51. The lowest BCUT2D eigenvalue weighted by Crippen LogP contribution is -2.39. The largest absolute Gasteiger partial charge is 0.379 e. The third-order valence-corrected chi connectivity index (χ3v) is 2.68. The van der Waals surface area contributed by atoms with Crippen LogP contribution in [0.15, 0.2) is 0 Å². The van der Waals surface area contributed by atoms with Gasteiger partial charge in [0.1, 0.15) is 0 Å². The summed E-state index contributed by atoms with van der Waals surface area (Å²) in [4.78, 5) is 10.7. The molecule has 1 saturated carbocycles. The second-order valence-corrected chi connectivity index (χ2v) is 3.63. The lowest BCUT2D eigenvalue weighted by Gasteiger charge is -2.15. The molecule has 1 heterocycles. The second kappa shape index (κ2) is 4.09. The average Bonchev–Trinajstić information content (AvgIpc) is 2.77. The zero-order valence-corrected chi connectivity index (χ0v) is 8.72. The molecule has 0 aromatic rings. The number of amides is 1. The molecule has 2 rings (SSSR count). The molecule has 1 aliphatic carbocycles. The smallest absolute Gasteiger partial charge is 0.217 e. The Morgan fingerprint density at radius 3 is 2.54 bits per heavy atom. The Morgan fingerprint density at radius 2 is 2.08 bits per heavy atom. The molecular weight excluding hydrogens is 166 g/mol. The number of ether oxygens (including phenoxy) is 1. The first kappa shape index (κ1) is 10.5. The van der Waals surface area contributed by atoms with Gasteiger partial charge in [0.05, 0.1) is 19.3 Å². The van der Waals surface area contributed by atoms with E-state index in [2.05, 4.69) is 5.32 Å². The van der Waals surface area contributed by atoms with Gasteiger partial charge in [0, 0.05) is 12.3 Å². The van der Waals surface area contributed by atoms with Crippen molar-refractivity contribution >= 4 is 5.91 Å². The van der Waals surface area contributed by atoms with E-state index in [1.165, 1.54) is 12.8 Å². The highest BCUT2D eigenvalue weighted by Gasteiger charge is 2.53. The van der Waals surface area contributed by atoms with Crippen LogP contribution < -0.4 is 5.32 Å². The quantitative estimate of drug-likeness (QED) is 0.669. The summed E-state index contributed by atoms with van der Waals surface area (Å²) in [5.41, 5.74) is 0.339. The fourth-order valence-electron chi connectivity index (χ4n) is 1.75. The van der Waals surface area contributed by atoms with Crippen molar-refractivity contribution in [2.24, 2.45) is 5.41 Å². The summed E-state index contributed by atoms with van der Waals surface area (Å²) in [5, 5.41) is 2.93. The molecule has 0 radical (unpaired) electrons. The molecule has 2 aliphatic rings. The van der Waals surface area contributed by atoms with Gasteiger partial charge in [-0.2, -0.15) is 0 Å². The third-order valence-electron chi connectivity index (χ3n) is 2.68. The molecule has 1 aliphatic heterocycles. The molecule has 0 aromatic heterocycles. The van der Waals surface area contributed by atoms with Gasteiger partial charge < -0.3 is 10.1 Å². The Hall–Kier alpha value is -0.570. The number of carbonyl (C=O) groups is 1. The van der Waals surface area contributed by atoms with Crippen LogP contribution in [0.2, 0.25) is 0 Å². The van der Waals surface area contributed by atoms with Gasteiger partial charge in [-0.15, -0.1) is 0 Å². The SMILES string of the molecule is CC.CC(=O)NC1COCC12CC2. The van der Waals surface area contributed by atoms with Crippen LogP contribution in [0.1, 0.15) is 33.6 Å². The number of carbonyl (C=O) groups excluding carboxylic acids is 1. The normalized spacial score (nSPS) is 27.8. The van der Waals surface area contributed by atoms with E-state index in [-0.39, 0.29) is 5.91 Å². The van der Waals surface area contributed by atoms with Crippen LogP contribution in [-0.2, 0) is 9.53 Å². The maximum absolute atomic E-state index is 10.7. The van der Waals surface area contributed by atoms with Crippen molar-refractivity contribution in [2.75, 3.05) is 13.2 Å². The minimum Gasteiger partial charge on any atom is -0.379 e. The van der Waals surface area contributed by atoms with Crippen molar-refractivity contribution in [1.29, 1.82) is 0 Å². The minimum atomic E-state index is 0.0618.